The van der Waals surface area contributed by atoms with Gasteiger partial charge in [0.15, 0.2) is 0 Å². The van der Waals surface area contributed by atoms with Crippen molar-refractivity contribution in [3.05, 3.63) is 0 Å². The molecule has 0 aromatic rings. The van der Waals surface area contributed by atoms with Gasteiger partial charge in [-0.2, -0.15) is 0 Å². The van der Waals surface area contributed by atoms with E-state index in [9.17, 15) is 0 Å². The van der Waals surface area contributed by atoms with Crippen molar-refractivity contribution in [1.82, 2.24) is 0 Å². The fraction of sp³-hybridized carbons (Fsp3) is 1.00. The molecule has 0 rings (SSSR count). The Morgan fingerprint density at radius 1 is 0.722 bits per heavy atom. The summed E-state index contributed by atoms with van der Waals surface area (Å²) in [7, 11) is -4.64. The Kier molecular flexibility index (Phi) is 24.3. The third-order valence-electron chi connectivity index (χ3n) is 2.46. The minimum Gasteiger partial charge on any atom is -1.00 e. The van der Waals surface area contributed by atoms with Gasteiger partial charge in [-0.1, -0.05) is 78.1 Å². The van der Waals surface area contributed by atoms with Gasteiger partial charge in [-0.15, -0.1) is 0 Å². The molecule has 0 aliphatic rings. The molecule has 0 aliphatic heterocycles. The van der Waals surface area contributed by atoms with Crippen LogP contribution in [0.5, 0.6) is 0 Å². The minimum atomic E-state index is -4.64. The smallest absolute Gasteiger partial charge is 1.00 e. The summed E-state index contributed by atoms with van der Waals surface area (Å²) < 4.78 is 8.88. The molecule has 0 aliphatic carbocycles. The number of hydrogen-bond donors (Lipinski definition) is 3. The Bertz CT molecular complexity index is 172. The maximum Gasteiger partial charge on any atom is 1.00 e. The molecule has 0 spiro atoms. The molecule has 3 N–H and O–H groups in total. The van der Waals surface area contributed by atoms with Crippen LogP contribution in [0.1, 0.15) is 79.5 Å². The summed E-state index contributed by atoms with van der Waals surface area (Å²) >= 11 is 0. The zero-order valence-electron chi connectivity index (χ0n) is 13.3. The first-order valence-corrected chi connectivity index (χ1v) is 8.26. The van der Waals surface area contributed by atoms with Gasteiger partial charge in [0.1, 0.15) is 0 Å². The fourth-order valence-electron chi connectivity index (χ4n) is 1.56. The number of hydrogen-bond acceptors (Lipinski definition) is 1. The summed E-state index contributed by atoms with van der Waals surface area (Å²) in [5, 5.41) is 0. The van der Waals surface area contributed by atoms with Crippen LogP contribution in [0, 0.1) is 0 Å². The van der Waals surface area contributed by atoms with E-state index in [1.807, 2.05) is 0 Å². The molecule has 0 saturated heterocycles. The largest absolute Gasteiger partial charge is 1.00 e. The van der Waals surface area contributed by atoms with Crippen LogP contribution < -0.4 is 29.6 Å². The zero-order valence-corrected chi connectivity index (χ0v) is 15.2. The second kappa shape index (κ2) is 18.1. The summed E-state index contributed by atoms with van der Waals surface area (Å²) in [6, 6.07) is 0. The van der Waals surface area contributed by atoms with Crippen molar-refractivity contribution in [2.75, 3.05) is 0 Å². The fourth-order valence-corrected chi connectivity index (χ4v) is 1.56. The van der Waals surface area contributed by atoms with Crippen LogP contribution in [-0.4, -0.2) is 14.7 Å². The molecular weight excluding hydrogens is 262 g/mol. The Morgan fingerprint density at radius 3 is 1.06 bits per heavy atom. The maximum absolute atomic E-state index is 8.88. The molecule has 0 radical (unpaired) electrons. The van der Waals surface area contributed by atoms with Gasteiger partial charge in [-0.3, -0.25) is 0 Å². The Labute approximate surface area is 136 Å². The van der Waals surface area contributed by atoms with Crippen LogP contribution in [-0.2, 0) is 4.57 Å². The van der Waals surface area contributed by atoms with Gasteiger partial charge < -0.3 is 16.1 Å². The number of unbranched alkanes of at least 4 members (excludes halogenated alkanes) is 9. The monoisotopic (exact) mass is 292 g/mol. The van der Waals surface area contributed by atoms with Gasteiger partial charge in [-0.25, -0.2) is 4.57 Å². The van der Waals surface area contributed by atoms with Gasteiger partial charge in [-0.05, 0) is 0 Å². The average molecular weight is 292 g/mol. The van der Waals surface area contributed by atoms with E-state index in [0.29, 0.717) is 0 Å². The molecule has 0 aromatic heterocycles. The van der Waals surface area contributed by atoms with E-state index in [0.717, 1.165) is 0 Å². The topological polar surface area (TPSA) is 77.8 Å². The van der Waals surface area contributed by atoms with Crippen molar-refractivity contribution in [3.63, 3.8) is 0 Å². The van der Waals surface area contributed by atoms with Crippen LogP contribution in [0.4, 0.5) is 0 Å². The molecule has 0 saturated carbocycles. The molecule has 18 heavy (non-hydrogen) atoms. The van der Waals surface area contributed by atoms with E-state index in [4.69, 9.17) is 19.2 Å². The molecular formula is C12H30NaO4P. The van der Waals surface area contributed by atoms with Gasteiger partial charge in [0, 0.05) is 0 Å². The quantitative estimate of drug-likeness (QED) is 0.338. The molecule has 6 heteroatoms. The molecule has 0 bridgehead atoms. The van der Waals surface area contributed by atoms with E-state index in [1.54, 1.807) is 0 Å². The summed E-state index contributed by atoms with van der Waals surface area (Å²) in [6.07, 6.45) is 14.4. The van der Waals surface area contributed by atoms with Crippen LogP contribution >= 0.6 is 7.82 Å². The Morgan fingerprint density at radius 2 is 0.889 bits per heavy atom. The zero-order chi connectivity index (χ0) is 13.6. The van der Waals surface area contributed by atoms with Crippen LogP contribution in [0.15, 0.2) is 0 Å². The van der Waals surface area contributed by atoms with Crippen LogP contribution in [0.2, 0.25) is 0 Å². The summed E-state index contributed by atoms with van der Waals surface area (Å²) in [5.41, 5.74) is 0. The van der Waals surface area contributed by atoms with Gasteiger partial charge in [0.05, 0.1) is 0 Å². The van der Waals surface area contributed by atoms with Crippen molar-refractivity contribution in [2.45, 2.75) is 78.1 Å². The third kappa shape index (κ3) is 43.4. The van der Waals surface area contributed by atoms with Gasteiger partial charge in [0.25, 0.3) is 0 Å². The molecule has 108 valence electrons. The van der Waals surface area contributed by atoms with E-state index in [-0.39, 0.29) is 31.0 Å². The van der Waals surface area contributed by atoms with E-state index in [2.05, 4.69) is 13.8 Å². The summed E-state index contributed by atoms with van der Waals surface area (Å²) in [6.45, 7) is 4.56. The molecule has 0 unspecified atom stereocenters. The van der Waals surface area contributed by atoms with Crippen molar-refractivity contribution < 1.29 is 50.2 Å². The minimum absolute atomic E-state index is 0. The molecule has 0 heterocycles. The van der Waals surface area contributed by atoms with Crippen molar-refractivity contribution in [3.8, 4) is 0 Å². The van der Waals surface area contributed by atoms with Gasteiger partial charge >= 0.3 is 37.4 Å². The molecule has 0 fully saturated rings. The first-order chi connectivity index (χ1) is 7.91. The van der Waals surface area contributed by atoms with E-state index >= 15 is 0 Å². The number of rotatable bonds is 9. The summed E-state index contributed by atoms with van der Waals surface area (Å²) in [4.78, 5) is 21.6. The molecule has 0 aromatic carbocycles. The average Bonchev–Trinajstić information content (AvgIpc) is 2.20. The van der Waals surface area contributed by atoms with Crippen molar-refractivity contribution >= 4 is 7.82 Å². The normalized spacial score (nSPS) is 10.3. The first kappa shape index (κ1) is 24.1. The Hall–Kier alpha value is 1.11. The third-order valence-corrected chi connectivity index (χ3v) is 2.46. The Balaban J connectivity index is -0.000000139. The number of phosphoric acid groups is 1. The predicted octanol–water partition coefficient (Wildman–Crippen LogP) is 1.12. The van der Waals surface area contributed by atoms with E-state index < -0.39 is 7.82 Å². The second-order valence-electron chi connectivity index (χ2n) is 4.34. The molecule has 0 atom stereocenters. The van der Waals surface area contributed by atoms with Gasteiger partial charge in [0.2, 0.25) is 0 Å². The first-order valence-electron chi connectivity index (χ1n) is 6.70. The second-order valence-corrected chi connectivity index (χ2v) is 5.37. The van der Waals surface area contributed by atoms with Crippen molar-refractivity contribution in [1.29, 1.82) is 0 Å². The summed E-state index contributed by atoms with van der Waals surface area (Å²) in [5.74, 6) is 0. The maximum atomic E-state index is 8.88. The predicted molar refractivity (Wildman–Crippen MR) is 72.9 cm³/mol. The molecule has 0 amide bonds. The van der Waals surface area contributed by atoms with Crippen LogP contribution in [0.3, 0.4) is 0 Å². The van der Waals surface area contributed by atoms with E-state index in [1.165, 1.54) is 64.2 Å². The van der Waals surface area contributed by atoms with Crippen LogP contribution in [0.25, 0.3) is 0 Å². The molecule has 4 nitrogen and oxygen atoms in total. The SMILES string of the molecule is CCCCCCCCCCCC.O=P(O)(O)O.[H-].[Na+]. The standard InChI is InChI=1S/C12H26.Na.H3O4P.H/c1-3-5-7-9-11-12-10-8-6-4-2;;1-5(2,3)4;/h3-12H2,1-2H3;;(H3,1,2,3,4);/q;+1;;-1. The van der Waals surface area contributed by atoms with Crippen molar-refractivity contribution in [2.24, 2.45) is 0 Å².